The Hall–Kier alpha value is -1.01. The van der Waals surface area contributed by atoms with E-state index in [1.807, 2.05) is 0 Å². The molecule has 0 aromatic heterocycles. The summed E-state index contributed by atoms with van der Waals surface area (Å²) in [5.74, 6) is -0.278. The van der Waals surface area contributed by atoms with Gasteiger partial charge >= 0.3 is 0 Å². The normalized spacial score (nSPS) is 38.3. The first-order valence-corrected chi connectivity index (χ1v) is 5.92. The molecule has 5 heteroatoms. The minimum Gasteiger partial charge on any atom is -0.393 e. The lowest BCUT2D eigenvalue weighted by Crippen LogP contribution is -2.43. The van der Waals surface area contributed by atoms with Crippen LogP contribution in [-0.4, -0.2) is 41.2 Å². The Kier molecular flexibility index (Phi) is 2.67. The van der Waals surface area contributed by atoms with Crippen LogP contribution in [0.15, 0.2) is 18.2 Å². The molecule has 0 radical (unpaired) electrons. The largest absolute Gasteiger partial charge is 0.393 e. The second-order valence-electron chi connectivity index (χ2n) is 4.99. The fourth-order valence-corrected chi connectivity index (χ4v) is 2.67. The summed E-state index contributed by atoms with van der Waals surface area (Å²) in [7, 11) is 0. The van der Waals surface area contributed by atoms with Gasteiger partial charge in [0.1, 0.15) is 29.7 Å². The van der Waals surface area contributed by atoms with Crippen LogP contribution < -0.4 is 0 Å². The molecule has 2 fully saturated rings. The number of aryl methyl sites for hydroxylation is 1. The van der Waals surface area contributed by atoms with Gasteiger partial charge in [0.05, 0.1) is 13.2 Å². The van der Waals surface area contributed by atoms with Crippen LogP contribution >= 0.6 is 0 Å². The van der Waals surface area contributed by atoms with Gasteiger partial charge in [0.25, 0.3) is 0 Å². The molecule has 0 saturated carbocycles. The van der Waals surface area contributed by atoms with Gasteiger partial charge in [0.15, 0.2) is 0 Å². The first kappa shape index (κ1) is 12.0. The molecule has 0 spiro atoms. The molecule has 0 unspecified atom stereocenters. The Morgan fingerprint density at radius 2 is 2.28 bits per heavy atom. The van der Waals surface area contributed by atoms with Crippen LogP contribution in [0.1, 0.15) is 17.2 Å². The van der Waals surface area contributed by atoms with Crippen molar-refractivity contribution >= 4 is 0 Å². The third kappa shape index (κ3) is 1.52. The molecule has 2 aliphatic rings. The van der Waals surface area contributed by atoms with Crippen molar-refractivity contribution in [2.75, 3.05) is 13.2 Å². The van der Waals surface area contributed by atoms with Crippen molar-refractivity contribution in [3.05, 3.63) is 35.1 Å². The van der Waals surface area contributed by atoms with Crippen molar-refractivity contribution in [2.45, 2.75) is 30.8 Å². The van der Waals surface area contributed by atoms with Crippen LogP contribution in [0.4, 0.5) is 4.39 Å². The Balaban J connectivity index is 1.93. The maximum Gasteiger partial charge on any atom is 0.144 e. The van der Waals surface area contributed by atoms with Gasteiger partial charge in [-0.2, -0.15) is 0 Å². The fraction of sp³-hybridized carbons (Fsp3) is 0.538. The number of hydrogen-bond donors (Lipinski definition) is 2. The highest BCUT2D eigenvalue weighted by Crippen LogP contribution is 2.47. The molecule has 98 valence electrons. The quantitative estimate of drug-likeness (QED) is 0.815. The SMILES string of the molecule is Cc1cc([C@@H]2O[C@@]3(CO)CO[C@@H]2[C@@H]3O)ccc1F. The highest BCUT2D eigenvalue weighted by atomic mass is 19.1. The molecule has 1 aromatic rings. The number of aliphatic hydroxyl groups excluding tert-OH is 2. The topological polar surface area (TPSA) is 58.9 Å². The maximum absolute atomic E-state index is 13.2. The molecule has 1 aromatic carbocycles. The summed E-state index contributed by atoms with van der Waals surface area (Å²) in [5, 5.41) is 19.4. The summed E-state index contributed by atoms with van der Waals surface area (Å²) in [4.78, 5) is 0. The number of halogens is 1. The van der Waals surface area contributed by atoms with Gasteiger partial charge < -0.3 is 19.7 Å². The number of rotatable bonds is 2. The summed E-state index contributed by atoms with van der Waals surface area (Å²) in [5.41, 5.74) is 0.247. The van der Waals surface area contributed by atoms with Crippen molar-refractivity contribution in [2.24, 2.45) is 0 Å². The third-order valence-corrected chi connectivity index (χ3v) is 3.81. The van der Waals surface area contributed by atoms with E-state index in [0.717, 1.165) is 5.56 Å². The van der Waals surface area contributed by atoms with Crippen LogP contribution in [0.2, 0.25) is 0 Å². The van der Waals surface area contributed by atoms with Crippen LogP contribution in [0.5, 0.6) is 0 Å². The Bertz CT molecular complexity index is 478. The minimum absolute atomic E-state index is 0.187. The van der Waals surface area contributed by atoms with E-state index in [1.54, 1.807) is 19.1 Å². The molecular weight excluding hydrogens is 239 g/mol. The molecule has 2 saturated heterocycles. The monoisotopic (exact) mass is 254 g/mol. The van der Waals surface area contributed by atoms with Gasteiger partial charge in [-0.05, 0) is 24.1 Å². The number of aliphatic hydroxyl groups is 2. The lowest BCUT2D eigenvalue weighted by molar-refractivity contribution is -0.163. The van der Waals surface area contributed by atoms with Gasteiger partial charge in [-0.25, -0.2) is 4.39 Å². The van der Waals surface area contributed by atoms with Crippen molar-refractivity contribution in [3.63, 3.8) is 0 Å². The smallest absolute Gasteiger partial charge is 0.144 e. The van der Waals surface area contributed by atoms with Crippen molar-refractivity contribution in [1.82, 2.24) is 0 Å². The van der Waals surface area contributed by atoms with Crippen LogP contribution in [0, 0.1) is 12.7 Å². The van der Waals surface area contributed by atoms with Gasteiger partial charge in [-0.15, -0.1) is 0 Å². The van der Waals surface area contributed by atoms with Gasteiger partial charge in [0, 0.05) is 0 Å². The predicted molar refractivity (Wildman–Crippen MR) is 60.5 cm³/mol. The summed E-state index contributed by atoms with van der Waals surface area (Å²) in [6.45, 7) is 1.57. The second-order valence-corrected chi connectivity index (χ2v) is 4.99. The molecular formula is C13H15FO4. The zero-order valence-corrected chi connectivity index (χ0v) is 9.97. The Morgan fingerprint density at radius 1 is 1.50 bits per heavy atom. The van der Waals surface area contributed by atoms with E-state index in [9.17, 15) is 14.6 Å². The lowest BCUT2D eigenvalue weighted by Gasteiger charge is -2.29. The zero-order valence-electron chi connectivity index (χ0n) is 9.97. The van der Waals surface area contributed by atoms with Gasteiger partial charge in [-0.3, -0.25) is 0 Å². The van der Waals surface area contributed by atoms with E-state index < -0.39 is 23.9 Å². The molecule has 2 N–H and O–H groups in total. The average molecular weight is 254 g/mol. The summed E-state index contributed by atoms with van der Waals surface area (Å²) in [6, 6.07) is 4.68. The molecule has 4 nitrogen and oxygen atoms in total. The Morgan fingerprint density at radius 3 is 2.89 bits per heavy atom. The second kappa shape index (κ2) is 3.99. The summed E-state index contributed by atoms with van der Waals surface area (Å²) >= 11 is 0. The van der Waals surface area contributed by atoms with Crippen LogP contribution in [0.25, 0.3) is 0 Å². The first-order valence-electron chi connectivity index (χ1n) is 5.92. The average Bonchev–Trinajstić information content (AvgIpc) is 2.84. The van der Waals surface area contributed by atoms with E-state index >= 15 is 0 Å². The molecule has 2 heterocycles. The molecule has 18 heavy (non-hydrogen) atoms. The summed E-state index contributed by atoms with van der Waals surface area (Å²) < 4.78 is 24.4. The zero-order chi connectivity index (χ0) is 12.9. The Labute approximate surface area is 104 Å². The van der Waals surface area contributed by atoms with E-state index in [-0.39, 0.29) is 19.0 Å². The number of fused-ring (bicyclic) bond motifs is 2. The number of ether oxygens (including phenoxy) is 2. The van der Waals surface area contributed by atoms with E-state index in [4.69, 9.17) is 9.47 Å². The predicted octanol–water partition coefficient (Wildman–Crippen LogP) is 0.696. The molecule has 0 amide bonds. The fourth-order valence-electron chi connectivity index (χ4n) is 2.67. The van der Waals surface area contributed by atoms with Crippen molar-refractivity contribution in [3.8, 4) is 0 Å². The number of benzene rings is 1. The highest BCUT2D eigenvalue weighted by molar-refractivity contribution is 5.29. The molecule has 4 atom stereocenters. The standard InChI is InChI=1S/C13H15FO4/c1-7-4-8(2-3-9(7)14)10-11-12(16)13(5-15,18-10)6-17-11/h2-4,10-12,15-16H,5-6H2,1H3/t10-,11-,12-,13-/m0/s1. The van der Waals surface area contributed by atoms with Crippen molar-refractivity contribution in [1.29, 1.82) is 0 Å². The van der Waals surface area contributed by atoms with E-state index in [0.29, 0.717) is 5.56 Å². The number of hydrogen-bond acceptors (Lipinski definition) is 4. The molecule has 2 aliphatic heterocycles. The van der Waals surface area contributed by atoms with E-state index in [1.165, 1.54) is 6.07 Å². The maximum atomic E-state index is 13.2. The van der Waals surface area contributed by atoms with Crippen molar-refractivity contribution < 1.29 is 24.1 Å². The van der Waals surface area contributed by atoms with Crippen LogP contribution in [-0.2, 0) is 9.47 Å². The highest BCUT2D eigenvalue weighted by Gasteiger charge is 2.61. The van der Waals surface area contributed by atoms with Crippen LogP contribution in [0.3, 0.4) is 0 Å². The molecule has 3 rings (SSSR count). The molecule has 0 aliphatic carbocycles. The minimum atomic E-state index is -1.03. The summed E-state index contributed by atoms with van der Waals surface area (Å²) in [6.07, 6.45) is -1.81. The van der Waals surface area contributed by atoms with E-state index in [2.05, 4.69) is 0 Å². The molecule has 2 bridgehead atoms. The van der Waals surface area contributed by atoms with Gasteiger partial charge in [-0.1, -0.05) is 12.1 Å². The lowest BCUT2D eigenvalue weighted by atomic mass is 9.97. The van der Waals surface area contributed by atoms with Gasteiger partial charge in [0.2, 0.25) is 0 Å². The first-order chi connectivity index (χ1) is 8.57. The third-order valence-electron chi connectivity index (χ3n) is 3.81.